The van der Waals surface area contributed by atoms with Gasteiger partial charge >= 0.3 is 0 Å². The fourth-order valence-corrected chi connectivity index (χ4v) is 3.70. The molecule has 2 aromatic rings. The number of hydrogen-bond donors (Lipinski definition) is 2. The third kappa shape index (κ3) is 7.15. The second-order valence-corrected chi connectivity index (χ2v) is 7.17. The predicted octanol–water partition coefficient (Wildman–Crippen LogP) is 2.94. The highest BCUT2D eigenvalue weighted by Gasteiger charge is 2.17. The Labute approximate surface area is 165 Å². The van der Waals surface area contributed by atoms with E-state index in [0.717, 1.165) is 19.5 Å². The van der Waals surface area contributed by atoms with E-state index in [-0.39, 0.29) is 24.3 Å². The molecule has 0 aliphatic carbocycles. The Kier molecular flexibility index (Phi) is 9.01. The van der Waals surface area contributed by atoms with Gasteiger partial charge in [-0.15, -0.1) is 0 Å². The van der Waals surface area contributed by atoms with Crippen LogP contribution in [0.3, 0.4) is 0 Å². The number of carbonyl (C=O) groups is 2. The summed E-state index contributed by atoms with van der Waals surface area (Å²) in [4.78, 5) is 26.4. The standard InChI is InChI=1S/C21H29N3O2S/c1-3-24(4-2)19(14-17-8-6-5-7-9-17)15-23-20(25)10-12-22-21(26)18-11-13-27-16-18/h5-9,11,13,16,19H,3-4,10,12,14-15H2,1-2H3,(H,22,26)(H,23,25). The van der Waals surface area contributed by atoms with Gasteiger partial charge in [-0.3, -0.25) is 14.5 Å². The van der Waals surface area contributed by atoms with E-state index in [2.05, 4.69) is 41.5 Å². The van der Waals surface area contributed by atoms with Crippen molar-refractivity contribution in [3.8, 4) is 0 Å². The Morgan fingerprint density at radius 1 is 1.07 bits per heavy atom. The van der Waals surface area contributed by atoms with Gasteiger partial charge in [-0.2, -0.15) is 11.3 Å². The number of thiophene rings is 1. The minimum Gasteiger partial charge on any atom is -0.354 e. The van der Waals surface area contributed by atoms with Crippen molar-refractivity contribution in [2.45, 2.75) is 32.7 Å². The second kappa shape index (κ2) is 11.5. The van der Waals surface area contributed by atoms with Crippen LogP contribution in [0.25, 0.3) is 0 Å². The van der Waals surface area contributed by atoms with E-state index in [1.54, 1.807) is 11.4 Å². The molecular weight excluding hydrogens is 358 g/mol. The van der Waals surface area contributed by atoms with Crippen LogP contribution in [-0.4, -0.2) is 48.9 Å². The van der Waals surface area contributed by atoms with Crippen molar-refractivity contribution >= 4 is 23.2 Å². The molecule has 2 N–H and O–H groups in total. The van der Waals surface area contributed by atoms with E-state index in [1.165, 1.54) is 16.9 Å². The van der Waals surface area contributed by atoms with E-state index in [0.29, 0.717) is 18.7 Å². The number of hydrogen-bond acceptors (Lipinski definition) is 4. The number of nitrogens with zero attached hydrogens (tertiary/aromatic N) is 1. The molecule has 1 atom stereocenters. The molecule has 0 fully saturated rings. The largest absolute Gasteiger partial charge is 0.354 e. The molecule has 5 nitrogen and oxygen atoms in total. The summed E-state index contributed by atoms with van der Waals surface area (Å²) in [5, 5.41) is 9.48. The molecule has 0 spiro atoms. The predicted molar refractivity (Wildman–Crippen MR) is 111 cm³/mol. The molecule has 0 aliphatic rings. The van der Waals surface area contributed by atoms with Gasteiger partial charge in [0.15, 0.2) is 0 Å². The summed E-state index contributed by atoms with van der Waals surface area (Å²) in [5.41, 5.74) is 1.91. The van der Waals surface area contributed by atoms with E-state index >= 15 is 0 Å². The maximum atomic E-state index is 12.2. The lowest BCUT2D eigenvalue weighted by atomic mass is 10.0. The normalized spacial score (nSPS) is 12.0. The minimum atomic E-state index is -0.130. The van der Waals surface area contributed by atoms with E-state index in [9.17, 15) is 9.59 Å². The molecule has 1 aromatic carbocycles. The Hall–Kier alpha value is -2.18. The van der Waals surface area contributed by atoms with Gasteiger partial charge in [0.25, 0.3) is 5.91 Å². The quantitative estimate of drug-likeness (QED) is 0.623. The molecule has 1 aromatic heterocycles. The first kappa shape index (κ1) is 21.1. The molecule has 146 valence electrons. The third-order valence-corrected chi connectivity index (χ3v) is 5.28. The van der Waals surface area contributed by atoms with Crippen molar-refractivity contribution < 1.29 is 9.59 Å². The van der Waals surface area contributed by atoms with Crippen LogP contribution < -0.4 is 10.6 Å². The van der Waals surface area contributed by atoms with Gasteiger partial charge in [0, 0.05) is 36.5 Å². The lowest BCUT2D eigenvalue weighted by Crippen LogP contribution is -2.45. The summed E-state index contributed by atoms with van der Waals surface area (Å²) in [6.07, 6.45) is 1.18. The Balaban J connectivity index is 1.78. The molecule has 0 bridgehead atoms. The zero-order valence-corrected chi connectivity index (χ0v) is 16.9. The summed E-state index contributed by atoms with van der Waals surface area (Å²) in [7, 11) is 0. The fourth-order valence-electron chi connectivity index (χ4n) is 3.06. The summed E-state index contributed by atoms with van der Waals surface area (Å²) in [6.45, 7) is 7.12. The van der Waals surface area contributed by atoms with Gasteiger partial charge in [-0.1, -0.05) is 44.2 Å². The maximum absolute atomic E-state index is 12.2. The van der Waals surface area contributed by atoms with Gasteiger partial charge < -0.3 is 10.6 Å². The topological polar surface area (TPSA) is 61.4 Å². The van der Waals surface area contributed by atoms with Gasteiger partial charge in [0.2, 0.25) is 5.91 Å². The second-order valence-electron chi connectivity index (χ2n) is 6.39. The van der Waals surface area contributed by atoms with Crippen LogP contribution in [0.5, 0.6) is 0 Å². The molecular formula is C21H29N3O2S. The number of amides is 2. The highest BCUT2D eigenvalue weighted by Crippen LogP contribution is 2.09. The van der Waals surface area contributed by atoms with E-state index in [1.807, 2.05) is 23.6 Å². The SMILES string of the molecule is CCN(CC)C(CNC(=O)CCNC(=O)c1ccsc1)Cc1ccccc1. The van der Waals surface area contributed by atoms with E-state index in [4.69, 9.17) is 0 Å². The number of nitrogens with one attached hydrogen (secondary N) is 2. The van der Waals surface area contributed by atoms with Crippen molar-refractivity contribution in [1.82, 2.24) is 15.5 Å². The van der Waals surface area contributed by atoms with Gasteiger partial charge in [0.1, 0.15) is 0 Å². The first-order chi connectivity index (χ1) is 13.1. The first-order valence-electron chi connectivity index (χ1n) is 9.49. The number of carbonyl (C=O) groups excluding carboxylic acids is 2. The highest BCUT2D eigenvalue weighted by molar-refractivity contribution is 7.08. The number of benzene rings is 1. The third-order valence-electron chi connectivity index (χ3n) is 4.60. The molecule has 2 amide bonds. The minimum absolute atomic E-state index is 0.0363. The summed E-state index contributed by atoms with van der Waals surface area (Å²) in [5.74, 6) is -0.167. The highest BCUT2D eigenvalue weighted by atomic mass is 32.1. The van der Waals surface area contributed by atoms with Crippen LogP contribution in [0.4, 0.5) is 0 Å². The van der Waals surface area contributed by atoms with Crippen molar-refractivity contribution in [2.24, 2.45) is 0 Å². The first-order valence-corrected chi connectivity index (χ1v) is 10.4. The molecule has 0 saturated carbocycles. The summed E-state index contributed by atoms with van der Waals surface area (Å²) < 4.78 is 0. The van der Waals surface area contributed by atoms with Crippen molar-refractivity contribution in [1.29, 1.82) is 0 Å². The summed E-state index contributed by atoms with van der Waals surface area (Å²) in [6, 6.07) is 12.4. The lowest BCUT2D eigenvalue weighted by molar-refractivity contribution is -0.121. The molecule has 6 heteroatoms. The number of rotatable bonds is 11. The van der Waals surface area contributed by atoms with E-state index < -0.39 is 0 Å². The zero-order chi connectivity index (χ0) is 19.5. The van der Waals surface area contributed by atoms with Crippen LogP contribution >= 0.6 is 11.3 Å². The van der Waals surface area contributed by atoms with Crippen molar-refractivity contribution in [2.75, 3.05) is 26.2 Å². The Morgan fingerprint density at radius 3 is 2.44 bits per heavy atom. The van der Waals surface area contributed by atoms with Crippen LogP contribution in [0.15, 0.2) is 47.2 Å². The van der Waals surface area contributed by atoms with Crippen LogP contribution in [0.2, 0.25) is 0 Å². The zero-order valence-electron chi connectivity index (χ0n) is 16.1. The van der Waals surface area contributed by atoms with Crippen LogP contribution in [0, 0.1) is 0 Å². The smallest absolute Gasteiger partial charge is 0.252 e. The Morgan fingerprint density at radius 2 is 1.81 bits per heavy atom. The molecule has 1 unspecified atom stereocenters. The summed E-state index contributed by atoms with van der Waals surface area (Å²) >= 11 is 1.48. The molecule has 0 saturated heterocycles. The molecule has 27 heavy (non-hydrogen) atoms. The lowest BCUT2D eigenvalue weighted by Gasteiger charge is -2.30. The average molecular weight is 388 g/mol. The molecule has 1 heterocycles. The fraction of sp³-hybridized carbons (Fsp3) is 0.429. The maximum Gasteiger partial charge on any atom is 0.252 e. The Bertz CT molecular complexity index is 685. The van der Waals surface area contributed by atoms with Crippen molar-refractivity contribution in [3.05, 3.63) is 58.3 Å². The van der Waals surface area contributed by atoms with Crippen LogP contribution in [0.1, 0.15) is 36.2 Å². The molecule has 0 radical (unpaired) electrons. The molecule has 0 aliphatic heterocycles. The van der Waals surface area contributed by atoms with Gasteiger partial charge in [0.05, 0.1) is 0 Å². The van der Waals surface area contributed by atoms with Crippen LogP contribution in [-0.2, 0) is 11.2 Å². The average Bonchev–Trinajstić information content (AvgIpc) is 3.22. The number of likely N-dealkylation sites (N-methyl/N-ethyl adjacent to an activating group) is 1. The van der Waals surface area contributed by atoms with Crippen molar-refractivity contribution in [3.63, 3.8) is 0 Å². The monoisotopic (exact) mass is 387 g/mol. The van der Waals surface area contributed by atoms with Gasteiger partial charge in [-0.05, 0) is 36.5 Å². The van der Waals surface area contributed by atoms with Gasteiger partial charge in [-0.25, -0.2) is 0 Å². The molecule has 2 rings (SSSR count).